The van der Waals surface area contributed by atoms with Crippen molar-refractivity contribution in [2.45, 2.75) is 12.5 Å². The average molecular weight is 356 g/mol. The number of aromatic nitrogens is 1. The van der Waals surface area contributed by atoms with Crippen molar-refractivity contribution in [1.29, 1.82) is 0 Å². The number of fused-ring (bicyclic) bond motifs is 1. The molecule has 0 spiro atoms. The van der Waals surface area contributed by atoms with E-state index in [1.807, 2.05) is 24.3 Å². The van der Waals surface area contributed by atoms with E-state index in [4.69, 9.17) is 14.2 Å². The third-order valence-corrected chi connectivity index (χ3v) is 4.95. The number of pyridine rings is 1. The number of rotatable bonds is 5. The Kier molecular flexibility index (Phi) is 4.38. The van der Waals surface area contributed by atoms with Crippen LogP contribution in [0.5, 0.6) is 17.2 Å². The maximum absolute atomic E-state index is 11.8. The number of benzene rings is 1. The van der Waals surface area contributed by atoms with Crippen LogP contribution in [0.25, 0.3) is 0 Å². The molecule has 2 aromatic rings. The molecule has 2 atom stereocenters. The van der Waals surface area contributed by atoms with Gasteiger partial charge in [0, 0.05) is 37.8 Å². The molecule has 26 heavy (non-hydrogen) atoms. The van der Waals surface area contributed by atoms with Gasteiger partial charge >= 0.3 is 5.97 Å². The molecule has 1 saturated heterocycles. The molecule has 1 aromatic carbocycles. The molecule has 136 valence electrons. The minimum absolute atomic E-state index is 0.104. The van der Waals surface area contributed by atoms with Crippen LogP contribution in [0.1, 0.15) is 17.2 Å². The van der Waals surface area contributed by atoms with Crippen molar-refractivity contribution in [3.05, 3.63) is 47.8 Å². The van der Waals surface area contributed by atoms with Gasteiger partial charge in [0.05, 0.1) is 18.7 Å². The van der Waals surface area contributed by atoms with Gasteiger partial charge in [-0.1, -0.05) is 6.07 Å². The van der Waals surface area contributed by atoms with E-state index in [1.54, 1.807) is 19.4 Å². The van der Waals surface area contributed by atoms with Gasteiger partial charge < -0.3 is 19.3 Å². The first kappa shape index (κ1) is 16.7. The minimum Gasteiger partial charge on any atom is -0.497 e. The zero-order chi connectivity index (χ0) is 18.1. The predicted molar refractivity (Wildman–Crippen MR) is 92.5 cm³/mol. The summed E-state index contributed by atoms with van der Waals surface area (Å²) in [6, 6.07) is 9.35. The van der Waals surface area contributed by atoms with Crippen LogP contribution < -0.4 is 14.2 Å². The van der Waals surface area contributed by atoms with Gasteiger partial charge in [0.15, 0.2) is 11.5 Å². The maximum atomic E-state index is 11.8. The van der Waals surface area contributed by atoms with Crippen molar-refractivity contribution in [3.63, 3.8) is 0 Å². The Labute approximate surface area is 151 Å². The lowest BCUT2D eigenvalue weighted by Gasteiger charge is -2.16. The van der Waals surface area contributed by atoms with Crippen LogP contribution in [0.3, 0.4) is 0 Å². The summed E-state index contributed by atoms with van der Waals surface area (Å²) in [5, 5.41) is 9.69. The molecule has 1 N–H and O–H groups in total. The summed E-state index contributed by atoms with van der Waals surface area (Å²) in [4.78, 5) is 18.3. The van der Waals surface area contributed by atoms with Gasteiger partial charge in [-0.05, 0) is 23.8 Å². The second-order valence-electron chi connectivity index (χ2n) is 6.55. The lowest BCUT2D eigenvalue weighted by Crippen LogP contribution is -2.23. The molecule has 0 saturated carbocycles. The molecule has 0 unspecified atom stereocenters. The highest BCUT2D eigenvalue weighted by Crippen LogP contribution is 2.39. The average Bonchev–Trinajstić information content (AvgIpc) is 3.28. The number of hydrogen-bond donors (Lipinski definition) is 1. The molecule has 1 aromatic heterocycles. The Hall–Kier alpha value is -2.80. The number of carbonyl (C=O) groups is 1. The molecule has 7 heteroatoms. The molecule has 0 radical (unpaired) electrons. The third-order valence-electron chi connectivity index (χ3n) is 4.95. The predicted octanol–water partition coefficient (Wildman–Crippen LogP) is 2.12. The van der Waals surface area contributed by atoms with Crippen molar-refractivity contribution >= 4 is 5.97 Å². The van der Waals surface area contributed by atoms with Gasteiger partial charge in [0.25, 0.3) is 0 Å². The van der Waals surface area contributed by atoms with Gasteiger partial charge in [-0.15, -0.1) is 0 Å². The van der Waals surface area contributed by atoms with E-state index in [2.05, 4.69) is 9.88 Å². The largest absolute Gasteiger partial charge is 0.497 e. The molecule has 0 amide bonds. The fraction of sp³-hybridized carbons (Fsp3) is 0.368. The molecular formula is C19H20N2O5. The van der Waals surface area contributed by atoms with Crippen LogP contribution in [-0.2, 0) is 11.3 Å². The minimum atomic E-state index is -0.784. The number of carboxylic acids is 1. The summed E-state index contributed by atoms with van der Waals surface area (Å²) in [5.41, 5.74) is 1.82. The highest BCUT2D eigenvalue weighted by molar-refractivity contribution is 5.72. The highest BCUT2D eigenvalue weighted by Gasteiger charge is 2.39. The first-order valence-corrected chi connectivity index (χ1v) is 8.47. The summed E-state index contributed by atoms with van der Waals surface area (Å²) in [6.45, 7) is 1.92. The van der Waals surface area contributed by atoms with Crippen molar-refractivity contribution in [1.82, 2.24) is 9.88 Å². The van der Waals surface area contributed by atoms with Crippen LogP contribution in [0.2, 0.25) is 0 Å². The van der Waals surface area contributed by atoms with Crippen LogP contribution in [0.4, 0.5) is 0 Å². The van der Waals surface area contributed by atoms with Crippen molar-refractivity contribution in [2.75, 3.05) is 27.0 Å². The smallest absolute Gasteiger partial charge is 0.308 e. The number of likely N-dealkylation sites (tertiary alicyclic amines) is 1. The van der Waals surface area contributed by atoms with E-state index in [9.17, 15) is 9.90 Å². The van der Waals surface area contributed by atoms with Gasteiger partial charge in [0.2, 0.25) is 6.79 Å². The lowest BCUT2D eigenvalue weighted by molar-refractivity contribution is -0.141. The van der Waals surface area contributed by atoms with E-state index >= 15 is 0 Å². The first-order valence-electron chi connectivity index (χ1n) is 8.47. The molecule has 4 rings (SSSR count). The number of hydrogen-bond acceptors (Lipinski definition) is 6. The fourth-order valence-electron chi connectivity index (χ4n) is 3.64. The third kappa shape index (κ3) is 3.17. The maximum Gasteiger partial charge on any atom is 0.308 e. The second kappa shape index (κ2) is 6.84. The van der Waals surface area contributed by atoms with Crippen LogP contribution >= 0.6 is 0 Å². The Balaban J connectivity index is 1.54. The number of methoxy groups -OCH3 is 1. The van der Waals surface area contributed by atoms with Gasteiger partial charge in [-0.3, -0.25) is 14.7 Å². The van der Waals surface area contributed by atoms with Crippen LogP contribution in [0, 0.1) is 5.92 Å². The zero-order valence-corrected chi connectivity index (χ0v) is 14.4. The summed E-state index contributed by atoms with van der Waals surface area (Å²) in [6.07, 6.45) is 1.70. The van der Waals surface area contributed by atoms with Crippen LogP contribution in [0.15, 0.2) is 36.5 Å². The Morgan fingerprint density at radius 3 is 2.92 bits per heavy atom. The number of nitrogens with zero attached hydrogens (tertiary/aromatic N) is 2. The number of ether oxygens (including phenoxy) is 3. The summed E-state index contributed by atoms with van der Waals surface area (Å²) >= 11 is 0. The highest BCUT2D eigenvalue weighted by atomic mass is 16.7. The van der Waals surface area contributed by atoms with Crippen molar-refractivity contribution in [2.24, 2.45) is 5.92 Å². The molecule has 2 aliphatic heterocycles. The summed E-state index contributed by atoms with van der Waals surface area (Å²) in [5.74, 6) is 0.772. The topological polar surface area (TPSA) is 81.1 Å². The molecule has 0 bridgehead atoms. The zero-order valence-electron chi connectivity index (χ0n) is 14.4. The first-order chi connectivity index (χ1) is 12.6. The molecular weight excluding hydrogens is 336 g/mol. The number of carboxylic acid groups (broad SMARTS) is 1. The number of aliphatic carboxylic acids is 1. The van der Waals surface area contributed by atoms with Gasteiger partial charge in [-0.25, -0.2) is 0 Å². The van der Waals surface area contributed by atoms with E-state index in [0.29, 0.717) is 31.1 Å². The van der Waals surface area contributed by atoms with E-state index in [0.717, 1.165) is 17.0 Å². The van der Waals surface area contributed by atoms with Gasteiger partial charge in [-0.2, -0.15) is 0 Å². The van der Waals surface area contributed by atoms with Crippen molar-refractivity contribution < 1.29 is 24.1 Å². The monoisotopic (exact) mass is 356 g/mol. The molecule has 0 aliphatic carbocycles. The van der Waals surface area contributed by atoms with Crippen LogP contribution in [-0.4, -0.2) is 48.0 Å². The fourth-order valence-corrected chi connectivity index (χ4v) is 3.64. The lowest BCUT2D eigenvalue weighted by atomic mass is 9.89. The Bertz CT molecular complexity index is 825. The molecule has 3 heterocycles. The normalized spacial score (nSPS) is 21.7. The van der Waals surface area contributed by atoms with Gasteiger partial charge in [0.1, 0.15) is 5.75 Å². The molecule has 7 nitrogen and oxygen atoms in total. The molecule has 1 fully saturated rings. The Morgan fingerprint density at radius 2 is 2.12 bits per heavy atom. The van der Waals surface area contributed by atoms with E-state index < -0.39 is 11.9 Å². The SMILES string of the molecule is COc1ccnc(CN2C[C@H](C(=O)O)[C@@H](c3ccc4c(c3)OCO4)C2)c1. The summed E-state index contributed by atoms with van der Waals surface area (Å²) < 4.78 is 16.0. The second-order valence-corrected chi connectivity index (χ2v) is 6.55. The Morgan fingerprint density at radius 1 is 1.27 bits per heavy atom. The quantitative estimate of drug-likeness (QED) is 0.879. The summed E-state index contributed by atoms with van der Waals surface area (Å²) in [7, 11) is 1.62. The van der Waals surface area contributed by atoms with Crippen molar-refractivity contribution in [3.8, 4) is 17.2 Å². The standard InChI is InChI=1S/C19H20N2O5/c1-24-14-4-5-20-13(7-14)8-21-9-15(16(10-21)19(22)23)12-2-3-17-18(6-12)26-11-25-17/h2-7,15-16H,8-11H2,1H3,(H,22,23)/t15-,16+/m1/s1. The van der Waals surface area contributed by atoms with E-state index in [-0.39, 0.29) is 12.7 Å². The van der Waals surface area contributed by atoms with E-state index in [1.165, 1.54) is 0 Å². The molecule has 2 aliphatic rings.